The van der Waals surface area contributed by atoms with Gasteiger partial charge < -0.3 is 9.84 Å². The Kier molecular flexibility index (Phi) is 6.41. The van der Waals surface area contributed by atoms with Crippen LogP contribution in [0.3, 0.4) is 0 Å². The third kappa shape index (κ3) is 4.93. The molecule has 0 saturated carbocycles. The van der Waals surface area contributed by atoms with Crippen molar-refractivity contribution in [3.8, 4) is 17.2 Å². The second-order valence-corrected chi connectivity index (χ2v) is 10.3. The molecule has 0 aliphatic heterocycles. The van der Waals surface area contributed by atoms with E-state index in [9.17, 15) is 13.5 Å². The Morgan fingerprint density at radius 2 is 1.25 bits per heavy atom. The first kappa shape index (κ1) is 23.5. The van der Waals surface area contributed by atoms with Gasteiger partial charge in [-0.15, -0.1) is 5.11 Å². The standard InChI is InChI=1S/C28H19ClN2O4S/c29-20-6-14-24(15-7-20)36(33,34)25-16-12-23(13-17-25)35-22-10-8-21(9-11-22)30-31-28-26-4-2-1-3-19(26)5-18-27(28)32/h1-18,32H. The molecule has 0 fully saturated rings. The number of sulfone groups is 1. The molecular formula is C28H19ClN2O4S. The van der Waals surface area contributed by atoms with Crippen molar-refractivity contribution in [3.05, 3.63) is 114 Å². The fourth-order valence-corrected chi connectivity index (χ4v) is 5.00. The maximum absolute atomic E-state index is 12.8. The Morgan fingerprint density at radius 3 is 1.92 bits per heavy atom. The number of ether oxygens (including phenoxy) is 1. The first-order valence-electron chi connectivity index (χ1n) is 10.9. The van der Waals surface area contributed by atoms with E-state index in [4.69, 9.17) is 16.3 Å². The monoisotopic (exact) mass is 514 g/mol. The Labute approximate surface area is 213 Å². The number of aromatic hydroxyl groups is 1. The van der Waals surface area contributed by atoms with Crippen LogP contribution in [-0.4, -0.2) is 13.5 Å². The molecular weight excluding hydrogens is 496 g/mol. The Bertz CT molecular complexity index is 1670. The molecule has 5 rings (SSSR count). The molecule has 0 bridgehead atoms. The van der Waals surface area contributed by atoms with Gasteiger partial charge in [0.25, 0.3) is 0 Å². The van der Waals surface area contributed by atoms with Crippen LogP contribution in [0.1, 0.15) is 0 Å². The predicted octanol–water partition coefficient (Wildman–Crippen LogP) is 8.24. The lowest BCUT2D eigenvalue weighted by atomic mass is 10.1. The molecule has 0 heterocycles. The number of halogens is 1. The molecule has 0 amide bonds. The molecule has 8 heteroatoms. The van der Waals surface area contributed by atoms with Gasteiger partial charge in [-0.1, -0.05) is 41.9 Å². The minimum atomic E-state index is -3.65. The average Bonchev–Trinajstić information content (AvgIpc) is 2.89. The van der Waals surface area contributed by atoms with Gasteiger partial charge in [0.2, 0.25) is 9.84 Å². The normalized spacial score (nSPS) is 11.7. The summed E-state index contributed by atoms with van der Waals surface area (Å²) in [6, 6.07) is 30.2. The van der Waals surface area contributed by atoms with Crippen LogP contribution in [0.4, 0.5) is 11.4 Å². The van der Waals surface area contributed by atoms with Gasteiger partial charge in [0, 0.05) is 10.4 Å². The lowest BCUT2D eigenvalue weighted by Gasteiger charge is -2.08. The number of hydrogen-bond donors (Lipinski definition) is 1. The Morgan fingerprint density at radius 1 is 0.667 bits per heavy atom. The summed E-state index contributed by atoms with van der Waals surface area (Å²) in [7, 11) is -3.65. The van der Waals surface area contributed by atoms with Gasteiger partial charge in [0.05, 0.1) is 15.5 Å². The average molecular weight is 515 g/mol. The number of hydrogen-bond acceptors (Lipinski definition) is 6. The molecule has 0 radical (unpaired) electrons. The third-order valence-corrected chi connectivity index (χ3v) is 7.51. The zero-order valence-electron chi connectivity index (χ0n) is 18.7. The van der Waals surface area contributed by atoms with Crippen molar-refractivity contribution in [2.45, 2.75) is 9.79 Å². The Hall–Kier alpha value is -4.20. The smallest absolute Gasteiger partial charge is 0.206 e. The van der Waals surface area contributed by atoms with Gasteiger partial charge in [-0.2, -0.15) is 5.11 Å². The van der Waals surface area contributed by atoms with E-state index in [1.54, 1.807) is 54.6 Å². The van der Waals surface area contributed by atoms with Gasteiger partial charge >= 0.3 is 0 Å². The lowest BCUT2D eigenvalue weighted by molar-refractivity contribution is 0.477. The third-order valence-electron chi connectivity index (χ3n) is 5.48. The molecule has 0 aliphatic rings. The summed E-state index contributed by atoms with van der Waals surface area (Å²) in [6.45, 7) is 0. The van der Waals surface area contributed by atoms with E-state index in [-0.39, 0.29) is 15.5 Å². The number of fused-ring (bicyclic) bond motifs is 1. The van der Waals surface area contributed by atoms with Gasteiger partial charge in [-0.05, 0) is 84.2 Å². The molecule has 1 N–H and O–H groups in total. The molecule has 0 aromatic heterocycles. The van der Waals surface area contributed by atoms with E-state index in [1.807, 2.05) is 30.3 Å². The SMILES string of the molecule is O=S(=O)(c1ccc(Cl)cc1)c1ccc(Oc2ccc(N=Nc3c(O)ccc4ccccc34)cc2)cc1. The van der Waals surface area contributed by atoms with Crippen molar-refractivity contribution in [2.24, 2.45) is 10.2 Å². The topological polar surface area (TPSA) is 88.3 Å². The van der Waals surface area contributed by atoms with Gasteiger partial charge in [-0.3, -0.25) is 0 Å². The number of benzene rings is 5. The zero-order chi connectivity index (χ0) is 25.1. The summed E-state index contributed by atoms with van der Waals surface area (Å²) < 4.78 is 31.4. The first-order chi connectivity index (χ1) is 17.4. The van der Waals surface area contributed by atoms with Crippen molar-refractivity contribution < 1.29 is 18.3 Å². The van der Waals surface area contributed by atoms with Crippen molar-refractivity contribution in [2.75, 3.05) is 0 Å². The summed E-state index contributed by atoms with van der Waals surface area (Å²) in [5.41, 5.74) is 0.987. The predicted molar refractivity (Wildman–Crippen MR) is 140 cm³/mol. The van der Waals surface area contributed by atoms with Crippen LogP contribution in [0.25, 0.3) is 10.8 Å². The summed E-state index contributed by atoms with van der Waals surface area (Å²) in [6.07, 6.45) is 0. The number of phenolic OH excluding ortho intramolecular Hbond substituents is 1. The maximum atomic E-state index is 12.8. The largest absolute Gasteiger partial charge is 0.506 e. The summed E-state index contributed by atoms with van der Waals surface area (Å²) >= 11 is 5.86. The number of phenols is 1. The first-order valence-corrected chi connectivity index (χ1v) is 12.8. The van der Waals surface area contributed by atoms with Crippen molar-refractivity contribution in [1.82, 2.24) is 0 Å². The van der Waals surface area contributed by atoms with Gasteiger partial charge in [-0.25, -0.2) is 8.42 Å². The highest BCUT2D eigenvalue weighted by atomic mass is 35.5. The van der Waals surface area contributed by atoms with Crippen LogP contribution in [0.5, 0.6) is 17.2 Å². The number of azo groups is 1. The summed E-state index contributed by atoms with van der Waals surface area (Å²) in [5.74, 6) is 1.09. The minimum absolute atomic E-state index is 0.0546. The van der Waals surface area contributed by atoms with Crippen LogP contribution in [0, 0.1) is 0 Å². The summed E-state index contributed by atoms with van der Waals surface area (Å²) in [4.78, 5) is 0.326. The fraction of sp³-hybridized carbons (Fsp3) is 0. The molecule has 0 unspecified atom stereocenters. The zero-order valence-corrected chi connectivity index (χ0v) is 20.3. The van der Waals surface area contributed by atoms with E-state index >= 15 is 0 Å². The second kappa shape index (κ2) is 9.81. The van der Waals surface area contributed by atoms with Crippen molar-refractivity contribution >= 4 is 43.6 Å². The molecule has 0 atom stereocenters. The molecule has 0 aliphatic carbocycles. The van der Waals surface area contributed by atoms with Gasteiger partial charge in [0.1, 0.15) is 22.9 Å². The van der Waals surface area contributed by atoms with E-state index in [1.165, 1.54) is 24.3 Å². The molecule has 6 nitrogen and oxygen atoms in total. The van der Waals surface area contributed by atoms with Crippen LogP contribution in [0.15, 0.2) is 129 Å². The second-order valence-electron chi connectivity index (χ2n) is 7.88. The summed E-state index contributed by atoms with van der Waals surface area (Å²) in [5, 5.41) is 21.0. The van der Waals surface area contributed by atoms with E-state index in [2.05, 4.69) is 10.2 Å². The Balaban J connectivity index is 1.30. The molecule has 0 saturated heterocycles. The van der Waals surface area contributed by atoms with E-state index in [0.717, 1.165) is 10.8 Å². The highest BCUT2D eigenvalue weighted by Gasteiger charge is 2.17. The van der Waals surface area contributed by atoms with Gasteiger partial charge in [0.15, 0.2) is 0 Å². The van der Waals surface area contributed by atoms with Crippen LogP contribution < -0.4 is 4.74 Å². The van der Waals surface area contributed by atoms with Crippen LogP contribution >= 0.6 is 11.6 Å². The molecule has 5 aromatic carbocycles. The number of rotatable bonds is 6. The molecule has 178 valence electrons. The molecule has 0 spiro atoms. The number of nitrogens with zero attached hydrogens (tertiary/aromatic N) is 2. The quantitative estimate of drug-likeness (QED) is 0.231. The van der Waals surface area contributed by atoms with E-state index < -0.39 is 9.84 Å². The van der Waals surface area contributed by atoms with Crippen LogP contribution in [-0.2, 0) is 9.84 Å². The van der Waals surface area contributed by atoms with Crippen molar-refractivity contribution in [3.63, 3.8) is 0 Å². The fourth-order valence-electron chi connectivity index (χ4n) is 3.61. The van der Waals surface area contributed by atoms with Crippen LogP contribution in [0.2, 0.25) is 5.02 Å². The van der Waals surface area contributed by atoms with Crippen molar-refractivity contribution in [1.29, 1.82) is 0 Å². The maximum Gasteiger partial charge on any atom is 0.206 e. The highest BCUT2D eigenvalue weighted by Crippen LogP contribution is 2.36. The lowest BCUT2D eigenvalue weighted by Crippen LogP contribution is -2.01. The molecule has 5 aromatic rings. The van der Waals surface area contributed by atoms with E-state index in [0.29, 0.717) is 27.9 Å². The highest BCUT2D eigenvalue weighted by molar-refractivity contribution is 7.91. The molecule has 36 heavy (non-hydrogen) atoms. The minimum Gasteiger partial charge on any atom is -0.506 e.